The average molecular weight is 370 g/mol. The fraction of sp³-hybridized carbons (Fsp3) is 0.789. The first-order valence-corrected chi connectivity index (χ1v) is 9.52. The molecule has 0 bridgehead atoms. The molecule has 0 aliphatic heterocycles. The van der Waals surface area contributed by atoms with Crippen molar-refractivity contribution in [2.24, 2.45) is 17.8 Å². The third-order valence-corrected chi connectivity index (χ3v) is 4.79. The molecule has 148 valence electrons. The van der Waals surface area contributed by atoms with Crippen molar-refractivity contribution in [2.75, 3.05) is 13.2 Å². The molecule has 0 heterocycles. The van der Waals surface area contributed by atoms with Crippen LogP contribution >= 0.6 is 0 Å². The highest BCUT2D eigenvalue weighted by molar-refractivity contribution is 6.15. The van der Waals surface area contributed by atoms with Crippen molar-refractivity contribution < 1.29 is 33.8 Å². The zero-order valence-electron chi connectivity index (χ0n) is 15.7. The molecule has 1 N–H and O–H groups in total. The van der Waals surface area contributed by atoms with Crippen LogP contribution in [0.4, 0.5) is 0 Å². The summed E-state index contributed by atoms with van der Waals surface area (Å²) in [5.41, 5.74) is 0. The van der Waals surface area contributed by atoms with Crippen LogP contribution in [0.2, 0.25) is 0 Å². The van der Waals surface area contributed by atoms with Crippen LogP contribution < -0.4 is 0 Å². The average Bonchev–Trinajstić information content (AvgIpc) is 3.30. The number of carboxylic acid groups (broad SMARTS) is 1. The molecule has 2 aliphatic rings. The Morgan fingerprint density at radius 3 is 1.50 bits per heavy atom. The molecule has 2 aliphatic carbocycles. The van der Waals surface area contributed by atoms with Crippen molar-refractivity contribution in [1.82, 2.24) is 0 Å². The highest BCUT2D eigenvalue weighted by atomic mass is 16.6. The molecule has 0 radical (unpaired) electrons. The van der Waals surface area contributed by atoms with Crippen LogP contribution in [0.5, 0.6) is 0 Å². The standard InChI is InChI=1S/C13H20O5.C6H10O2/c1-3-17-12(15)10(13(16)18-4-2)11(14)9-7-5-6-8-9;7-6(8)5-3-1-2-4-5/h9-10H,3-8H2,1-2H3;5H,1-4H2,(H,7,8). The molecule has 0 aromatic carbocycles. The normalized spacial score (nSPS) is 17.5. The van der Waals surface area contributed by atoms with Crippen molar-refractivity contribution in [3.05, 3.63) is 0 Å². The summed E-state index contributed by atoms with van der Waals surface area (Å²) in [6.45, 7) is 3.57. The van der Waals surface area contributed by atoms with E-state index in [4.69, 9.17) is 14.6 Å². The van der Waals surface area contributed by atoms with Crippen LogP contribution in [-0.2, 0) is 28.7 Å². The Labute approximate surface area is 154 Å². The lowest BCUT2D eigenvalue weighted by Crippen LogP contribution is -2.37. The number of rotatable bonds is 7. The van der Waals surface area contributed by atoms with E-state index in [1.54, 1.807) is 13.8 Å². The Morgan fingerprint density at radius 2 is 1.19 bits per heavy atom. The van der Waals surface area contributed by atoms with Crippen molar-refractivity contribution >= 4 is 23.7 Å². The van der Waals surface area contributed by atoms with Gasteiger partial charge in [-0.25, -0.2) is 0 Å². The third-order valence-electron chi connectivity index (χ3n) is 4.79. The summed E-state index contributed by atoms with van der Waals surface area (Å²) in [7, 11) is 0. The number of carboxylic acids is 1. The van der Waals surface area contributed by atoms with Gasteiger partial charge in [0.25, 0.3) is 0 Å². The summed E-state index contributed by atoms with van der Waals surface area (Å²) >= 11 is 0. The molecule has 2 rings (SSSR count). The summed E-state index contributed by atoms with van der Waals surface area (Å²) in [6, 6.07) is 0. The maximum absolute atomic E-state index is 12.2. The third kappa shape index (κ3) is 6.77. The number of ether oxygens (including phenoxy) is 2. The fourth-order valence-electron chi connectivity index (χ4n) is 3.40. The van der Waals surface area contributed by atoms with Gasteiger partial charge in [-0.05, 0) is 39.5 Å². The molecule has 7 nitrogen and oxygen atoms in total. The molecule has 0 saturated heterocycles. The number of carbonyl (C=O) groups excluding carboxylic acids is 3. The van der Waals surface area contributed by atoms with Crippen molar-refractivity contribution in [3.63, 3.8) is 0 Å². The van der Waals surface area contributed by atoms with E-state index in [9.17, 15) is 19.2 Å². The molecule has 0 amide bonds. The van der Waals surface area contributed by atoms with E-state index in [1.807, 2.05) is 0 Å². The minimum atomic E-state index is -1.40. The van der Waals surface area contributed by atoms with Gasteiger partial charge in [0.2, 0.25) is 5.92 Å². The predicted octanol–water partition coefficient (Wildman–Crippen LogP) is 2.75. The predicted molar refractivity (Wildman–Crippen MR) is 93.3 cm³/mol. The molecule has 26 heavy (non-hydrogen) atoms. The van der Waals surface area contributed by atoms with Crippen LogP contribution in [-0.4, -0.2) is 42.0 Å². The van der Waals surface area contributed by atoms with Crippen molar-refractivity contribution in [3.8, 4) is 0 Å². The molecule has 0 aromatic heterocycles. The number of hydrogen-bond acceptors (Lipinski definition) is 6. The van der Waals surface area contributed by atoms with Crippen LogP contribution in [0.25, 0.3) is 0 Å². The van der Waals surface area contributed by atoms with Gasteiger partial charge in [-0.3, -0.25) is 19.2 Å². The van der Waals surface area contributed by atoms with E-state index in [0.717, 1.165) is 51.4 Å². The van der Waals surface area contributed by atoms with E-state index in [-0.39, 0.29) is 30.8 Å². The Balaban J connectivity index is 0.000000350. The second-order valence-corrected chi connectivity index (χ2v) is 6.64. The van der Waals surface area contributed by atoms with Crippen LogP contribution in [0, 0.1) is 17.8 Å². The molecule has 7 heteroatoms. The van der Waals surface area contributed by atoms with Crippen LogP contribution in [0.1, 0.15) is 65.2 Å². The smallest absolute Gasteiger partial charge is 0.328 e. The number of hydrogen-bond donors (Lipinski definition) is 1. The number of aliphatic carboxylic acids is 1. The van der Waals surface area contributed by atoms with E-state index >= 15 is 0 Å². The molecule has 2 saturated carbocycles. The molecule has 0 unspecified atom stereocenters. The number of ketones is 1. The minimum Gasteiger partial charge on any atom is -0.481 e. The first-order valence-electron chi connectivity index (χ1n) is 9.52. The SMILES string of the molecule is CCOC(=O)C(C(=O)OCC)C(=O)C1CCCC1.O=C(O)C1CCCC1. The first-order chi connectivity index (χ1) is 12.4. The van der Waals surface area contributed by atoms with Gasteiger partial charge >= 0.3 is 17.9 Å². The molecule has 2 fully saturated rings. The van der Waals surface area contributed by atoms with Gasteiger partial charge in [-0.2, -0.15) is 0 Å². The highest BCUT2D eigenvalue weighted by Crippen LogP contribution is 2.28. The Kier molecular flexibility index (Phi) is 9.91. The van der Waals surface area contributed by atoms with Gasteiger partial charge in [0, 0.05) is 5.92 Å². The van der Waals surface area contributed by atoms with Gasteiger partial charge in [-0.1, -0.05) is 25.7 Å². The number of Topliss-reactive ketones (excluding diaryl/α,β-unsaturated/α-hetero) is 1. The van der Waals surface area contributed by atoms with Gasteiger partial charge in [0.05, 0.1) is 19.1 Å². The second kappa shape index (κ2) is 11.6. The van der Waals surface area contributed by atoms with Crippen LogP contribution in [0.3, 0.4) is 0 Å². The Morgan fingerprint density at radius 1 is 0.808 bits per heavy atom. The van der Waals surface area contributed by atoms with E-state index < -0.39 is 23.8 Å². The zero-order chi connectivity index (χ0) is 19.5. The van der Waals surface area contributed by atoms with Gasteiger partial charge < -0.3 is 14.6 Å². The van der Waals surface area contributed by atoms with Gasteiger partial charge in [0.1, 0.15) is 0 Å². The van der Waals surface area contributed by atoms with Crippen molar-refractivity contribution in [2.45, 2.75) is 65.2 Å². The number of carbonyl (C=O) groups is 4. The molecular formula is C19H30O7. The second-order valence-electron chi connectivity index (χ2n) is 6.64. The highest BCUT2D eigenvalue weighted by Gasteiger charge is 2.41. The lowest BCUT2D eigenvalue weighted by atomic mass is 9.91. The molecule has 0 aromatic rings. The van der Waals surface area contributed by atoms with E-state index in [1.165, 1.54) is 0 Å². The minimum absolute atomic E-state index is 0.0185. The Hall–Kier alpha value is -1.92. The van der Waals surface area contributed by atoms with E-state index in [0.29, 0.717) is 0 Å². The lowest BCUT2D eigenvalue weighted by Gasteiger charge is -2.16. The summed E-state index contributed by atoms with van der Waals surface area (Å²) in [4.78, 5) is 45.8. The van der Waals surface area contributed by atoms with Crippen LogP contribution in [0.15, 0.2) is 0 Å². The maximum atomic E-state index is 12.2. The molecule has 0 atom stereocenters. The molecule has 0 spiro atoms. The van der Waals surface area contributed by atoms with Crippen molar-refractivity contribution in [1.29, 1.82) is 0 Å². The zero-order valence-corrected chi connectivity index (χ0v) is 15.7. The summed E-state index contributed by atoms with van der Waals surface area (Å²) < 4.78 is 9.58. The largest absolute Gasteiger partial charge is 0.481 e. The lowest BCUT2D eigenvalue weighted by molar-refractivity contribution is -0.165. The summed E-state index contributed by atoms with van der Waals surface area (Å²) in [6.07, 6.45) is 7.43. The summed E-state index contributed by atoms with van der Waals surface area (Å²) in [5, 5.41) is 8.41. The molecular weight excluding hydrogens is 340 g/mol. The fourth-order valence-corrected chi connectivity index (χ4v) is 3.40. The quantitative estimate of drug-likeness (QED) is 0.542. The topological polar surface area (TPSA) is 107 Å². The first kappa shape index (κ1) is 22.1. The van der Waals surface area contributed by atoms with Gasteiger partial charge in [-0.15, -0.1) is 0 Å². The maximum Gasteiger partial charge on any atom is 0.328 e. The Bertz CT molecular complexity index is 470. The monoisotopic (exact) mass is 370 g/mol. The van der Waals surface area contributed by atoms with E-state index in [2.05, 4.69) is 0 Å². The number of esters is 2. The van der Waals surface area contributed by atoms with Gasteiger partial charge in [0.15, 0.2) is 5.78 Å². The summed E-state index contributed by atoms with van der Waals surface area (Å²) in [5.74, 6) is -4.14.